The minimum absolute atomic E-state index is 0.0641. The van der Waals surface area contributed by atoms with E-state index < -0.39 is 0 Å². The molecule has 2 aromatic rings. The smallest absolute Gasteiger partial charge is 0.112 e. The Hall–Kier alpha value is -1.39. The fraction of sp³-hybridized carbons (Fsp3) is 0.385. The van der Waals surface area contributed by atoms with E-state index >= 15 is 0 Å². The Balaban J connectivity index is 2.10. The Labute approximate surface area is 110 Å². The van der Waals surface area contributed by atoms with Gasteiger partial charge >= 0.3 is 0 Å². The summed E-state index contributed by atoms with van der Waals surface area (Å²) in [5.41, 5.74) is 3.64. The van der Waals surface area contributed by atoms with Crippen LogP contribution in [0.1, 0.15) is 35.7 Å². The van der Waals surface area contributed by atoms with E-state index in [2.05, 4.69) is 10.3 Å². The number of aryl methyl sites for hydroxylation is 1. The van der Waals surface area contributed by atoms with Gasteiger partial charge in [0.05, 0.1) is 18.0 Å². The van der Waals surface area contributed by atoms with Gasteiger partial charge in [-0.2, -0.15) is 0 Å². The number of nitrogens with zero attached hydrogens (tertiary/aromatic N) is 3. The molecule has 1 aliphatic rings. The molecule has 5 heteroatoms. The first-order valence-corrected chi connectivity index (χ1v) is 6.40. The van der Waals surface area contributed by atoms with Crippen molar-refractivity contribution in [3.63, 3.8) is 0 Å². The molecule has 0 aliphatic heterocycles. The van der Waals surface area contributed by atoms with Crippen molar-refractivity contribution in [3.8, 4) is 5.69 Å². The van der Waals surface area contributed by atoms with Gasteiger partial charge in [-0.15, -0.1) is 5.10 Å². The molecule has 1 heterocycles. The van der Waals surface area contributed by atoms with Crippen LogP contribution >= 0.6 is 11.6 Å². The fourth-order valence-corrected chi connectivity index (χ4v) is 2.28. The second-order valence-corrected chi connectivity index (χ2v) is 5.11. The molecule has 1 aliphatic carbocycles. The van der Waals surface area contributed by atoms with Gasteiger partial charge in [0.2, 0.25) is 0 Å². The third kappa shape index (κ3) is 1.91. The highest BCUT2D eigenvalue weighted by Crippen LogP contribution is 2.42. The Morgan fingerprint density at radius 3 is 2.83 bits per heavy atom. The van der Waals surface area contributed by atoms with E-state index in [-0.39, 0.29) is 6.61 Å². The molecule has 18 heavy (non-hydrogen) atoms. The third-order valence-corrected chi connectivity index (χ3v) is 3.70. The predicted molar refractivity (Wildman–Crippen MR) is 69.0 cm³/mol. The Bertz CT molecular complexity index is 590. The molecule has 1 aromatic heterocycles. The molecule has 94 valence electrons. The van der Waals surface area contributed by atoms with Crippen LogP contribution in [0.3, 0.4) is 0 Å². The van der Waals surface area contributed by atoms with Crippen LogP contribution in [0.25, 0.3) is 5.69 Å². The summed E-state index contributed by atoms with van der Waals surface area (Å²) >= 11 is 6.14. The lowest BCUT2D eigenvalue weighted by Gasteiger charge is -2.07. The predicted octanol–water partition coefficient (Wildman–Crippen LogP) is 2.60. The van der Waals surface area contributed by atoms with Gasteiger partial charge in [-0.25, -0.2) is 4.68 Å². The fourth-order valence-electron chi connectivity index (χ4n) is 2.10. The molecule has 3 rings (SSSR count). The second-order valence-electron chi connectivity index (χ2n) is 4.70. The summed E-state index contributed by atoms with van der Waals surface area (Å²) in [4.78, 5) is 0. The van der Waals surface area contributed by atoms with Crippen LogP contribution in [-0.4, -0.2) is 20.1 Å². The molecule has 1 fully saturated rings. The SMILES string of the molecule is Cc1ccc(-n2nnc(CO)c2C2CC2)cc1Cl. The quantitative estimate of drug-likeness (QED) is 0.926. The maximum absolute atomic E-state index is 9.31. The lowest BCUT2D eigenvalue weighted by molar-refractivity contribution is 0.275. The molecule has 0 atom stereocenters. The van der Waals surface area contributed by atoms with E-state index in [4.69, 9.17) is 11.6 Å². The van der Waals surface area contributed by atoms with Crippen LogP contribution in [-0.2, 0) is 6.61 Å². The molecule has 1 saturated carbocycles. The maximum atomic E-state index is 9.31. The number of aromatic nitrogens is 3. The van der Waals surface area contributed by atoms with E-state index in [1.165, 1.54) is 0 Å². The van der Waals surface area contributed by atoms with Crippen molar-refractivity contribution < 1.29 is 5.11 Å². The highest BCUT2D eigenvalue weighted by atomic mass is 35.5. The van der Waals surface area contributed by atoms with Gasteiger partial charge in [-0.05, 0) is 37.5 Å². The van der Waals surface area contributed by atoms with E-state index in [1.54, 1.807) is 4.68 Å². The number of halogens is 1. The molecule has 4 nitrogen and oxygen atoms in total. The zero-order chi connectivity index (χ0) is 12.7. The Morgan fingerprint density at radius 1 is 1.44 bits per heavy atom. The lowest BCUT2D eigenvalue weighted by atomic mass is 10.2. The third-order valence-electron chi connectivity index (χ3n) is 3.29. The molecular weight excluding hydrogens is 250 g/mol. The minimum Gasteiger partial charge on any atom is -0.390 e. The van der Waals surface area contributed by atoms with Gasteiger partial charge in [-0.1, -0.05) is 22.9 Å². The van der Waals surface area contributed by atoms with E-state index in [9.17, 15) is 5.11 Å². The molecule has 0 bridgehead atoms. The summed E-state index contributed by atoms with van der Waals surface area (Å²) in [5, 5.41) is 18.2. The van der Waals surface area contributed by atoms with Crippen LogP contribution in [0.4, 0.5) is 0 Å². The van der Waals surface area contributed by atoms with Crippen molar-refractivity contribution in [2.24, 2.45) is 0 Å². The van der Waals surface area contributed by atoms with Crippen molar-refractivity contribution in [3.05, 3.63) is 40.2 Å². The van der Waals surface area contributed by atoms with Crippen molar-refractivity contribution in [2.75, 3.05) is 0 Å². The number of rotatable bonds is 3. The molecule has 0 unspecified atom stereocenters. The standard InChI is InChI=1S/C13H14ClN3O/c1-8-2-5-10(6-11(8)14)17-13(9-3-4-9)12(7-18)15-16-17/h2,5-6,9,18H,3-4,7H2,1H3. The second kappa shape index (κ2) is 4.37. The minimum atomic E-state index is -0.0641. The summed E-state index contributed by atoms with van der Waals surface area (Å²) < 4.78 is 1.80. The first-order valence-electron chi connectivity index (χ1n) is 6.02. The topological polar surface area (TPSA) is 50.9 Å². The summed E-state index contributed by atoms with van der Waals surface area (Å²) in [7, 11) is 0. The van der Waals surface area contributed by atoms with Gasteiger partial charge in [0.15, 0.2) is 0 Å². The average molecular weight is 264 g/mol. The lowest BCUT2D eigenvalue weighted by Crippen LogP contribution is -2.03. The number of hydrogen-bond acceptors (Lipinski definition) is 3. The zero-order valence-electron chi connectivity index (χ0n) is 10.1. The van der Waals surface area contributed by atoms with Crippen LogP contribution in [0, 0.1) is 6.92 Å². The van der Waals surface area contributed by atoms with Crippen LogP contribution in [0.5, 0.6) is 0 Å². The summed E-state index contributed by atoms with van der Waals surface area (Å²) in [6.07, 6.45) is 2.28. The largest absolute Gasteiger partial charge is 0.390 e. The Morgan fingerprint density at radius 2 is 2.22 bits per heavy atom. The summed E-state index contributed by atoms with van der Waals surface area (Å²) in [5.74, 6) is 0.474. The van der Waals surface area contributed by atoms with E-state index in [1.807, 2.05) is 25.1 Å². The first kappa shape index (κ1) is 11.7. The number of benzene rings is 1. The van der Waals surface area contributed by atoms with Gasteiger partial charge in [0, 0.05) is 10.9 Å². The van der Waals surface area contributed by atoms with E-state index in [0.29, 0.717) is 11.6 Å². The van der Waals surface area contributed by atoms with Crippen LogP contribution in [0.15, 0.2) is 18.2 Å². The number of aliphatic hydroxyl groups excluding tert-OH is 1. The highest BCUT2D eigenvalue weighted by molar-refractivity contribution is 6.31. The van der Waals surface area contributed by atoms with E-state index in [0.717, 1.165) is 34.8 Å². The zero-order valence-corrected chi connectivity index (χ0v) is 10.9. The van der Waals surface area contributed by atoms with Gasteiger partial charge in [-0.3, -0.25) is 0 Å². The van der Waals surface area contributed by atoms with Gasteiger partial charge in [0.1, 0.15) is 5.69 Å². The maximum Gasteiger partial charge on any atom is 0.112 e. The normalized spacial score (nSPS) is 15.1. The first-order chi connectivity index (χ1) is 8.70. The average Bonchev–Trinajstić information content (AvgIpc) is 3.12. The van der Waals surface area contributed by atoms with Crippen molar-refractivity contribution in [1.29, 1.82) is 0 Å². The van der Waals surface area contributed by atoms with Crippen LogP contribution < -0.4 is 0 Å². The van der Waals surface area contributed by atoms with Gasteiger partial charge in [0.25, 0.3) is 0 Å². The molecule has 1 aromatic carbocycles. The highest BCUT2D eigenvalue weighted by Gasteiger charge is 2.31. The number of aliphatic hydroxyl groups is 1. The summed E-state index contributed by atoms with van der Waals surface area (Å²) in [6.45, 7) is 1.90. The Kier molecular flexibility index (Phi) is 2.84. The monoisotopic (exact) mass is 263 g/mol. The number of hydrogen-bond donors (Lipinski definition) is 1. The molecule has 0 amide bonds. The van der Waals surface area contributed by atoms with Crippen molar-refractivity contribution >= 4 is 11.6 Å². The molecule has 0 saturated heterocycles. The summed E-state index contributed by atoms with van der Waals surface area (Å²) in [6, 6.07) is 5.83. The van der Waals surface area contributed by atoms with Crippen molar-refractivity contribution in [2.45, 2.75) is 32.3 Å². The molecule has 0 radical (unpaired) electrons. The molecular formula is C13H14ClN3O. The molecule has 1 N–H and O–H groups in total. The van der Waals surface area contributed by atoms with Crippen LogP contribution in [0.2, 0.25) is 5.02 Å². The van der Waals surface area contributed by atoms with Gasteiger partial charge < -0.3 is 5.11 Å². The van der Waals surface area contributed by atoms with Crippen molar-refractivity contribution in [1.82, 2.24) is 15.0 Å². The molecule has 0 spiro atoms.